The lowest BCUT2D eigenvalue weighted by Gasteiger charge is -2.17. The monoisotopic (exact) mass is 840 g/mol. The van der Waals surface area contributed by atoms with Gasteiger partial charge in [-0.1, -0.05) is 60.7 Å². The number of pyridine rings is 2. The zero-order valence-electron chi connectivity index (χ0n) is 34.5. The molecule has 0 aliphatic heterocycles. The van der Waals surface area contributed by atoms with Crippen molar-refractivity contribution < 1.29 is 14.7 Å². The average molecular weight is 841 g/mol. The van der Waals surface area contributed by atoms with Crippen molar-refractivity contribution in [1.29, 1.82) is 0 Å². The molecule has 1 amide bonds. The maximum atomic E-state index is 12.6. The number of hydrogen-bond donors (Lipinski definition) is 6. The van der Waals surface area contributed by atoms with Crippen LogP contribution in [0.15, 0.2) is 134 Å². The number of H-pyrrole nitrogens is 2. The van der Waals surface area contributed by atoms with Crippen molar-refractivity contribution in [3.05, 3.63) is 145 Å². The van der Waals surface area contributed by atoms with Crippen molar-refractivity contribution in [2.75, 3.05) is 38.7 Å². The Morgan fingerprint density at radius 2 is 1.16 bits per heavy atom. The first-order valence-corrected chi connectivity index (χ1v) is 20.0. The summed E-state index contributed by atoms with van der Waals surface area (Å²) in [5.74, 6) is -0.0555. The Morgan fingerprint density at radius 1 is 0.667 bits per heavy atom. The number of aromatic amines is 2. The molecule has 8 N–H and O–H groups in total. The molecule has 63 heavy (non-hydrogen) atoms. The van der Waals surface area contributed by atoms with Gasteiger partial charge >= 0.3 is 5.97 Å². The molecule has 0 aliphatic carbocycles. The molecular formula is C46H44N14O3. The number of anilines is 2. The molecular weight excluding hydrogens is 797 g/mol. The van der Waals surface area contributed by atoms with E-state index in [4.69, 9.17) is 16.6 Å². The van der Waals surface area contributed by atoms with Crippen LogP contribution in [0.25, 0.3) is 66.1 Å². The van der Waals surface area contributed by atoms with E-state index in [0.29, 0.717) is 41.4 Å². The lowest BCUT2D eigenvalue weighted by molar-refractivity contribution is 0.0696. The molecule has 0 spiro atoms. The average Bonchev–Trinajstić information content (AvgIpc) is 4.16. The first-order valence-electron chi connectivity index (χ1n) is 20.0. The van der Waals surface area contributed by atoms with Crippen LogP contribution in [0, 0.1) is 0 Å². The first kappa shape index (κ1) is 41.3. The van der Waals surface area contributed by atoms with E-state index in [1.54, 1.807) is 54.7 Å². The van der Waals surface area contributed by atoms with Gasteiger partial charge in [-0.25, -0.2) is 14.8 Å². The number of nitrogens with two attached hydrogens (primary N) is 2. The van der Waals surface area contributed by atoms with Gasteiger partial charge in [-0.3, -0.25) is 24.4 Å². The Balaban J connectivity index is 0.000000149. The number of hydrogen-bond acceptors (Lipinski definition) is 11. The Kier molecular flexibility index (Phi) is 12.1. The smallest absolute Gasteiger partial charge is 0.335 e. The Labute approximate surface area is 360 Å². The van der Waals surface area contributed by atoms with Gasteiger partial charge in [-0.05, 0) is 55.6 Å². The number of carbonyl (C=O) groups is 2. The lowest BCUT2D eigenvalue weighted by atomic mass is 10.1. The Hall–Kier alpha value is -8.44. The number of aromatic carboxylic acids is 1. The minimum Gasteiger partial charge on any atom is -0.478 e. The number of amides is 1. The number of carboxylic acid groups (broad SMARTS) is 1. The van der Waals surface area contributed by atoms with Crippen LogP contribution in [0.4, 0.5) is 11.6 Å². The standard InChI is InChI=1S/C23H21N7O.C16H17N7.C7H6O2/c1-29(23(31)15-5-3-2-4-6-15)11-12-30-14-18-17-8-7-16(19-9-10-25-27-19)13-20(17)26-22(24)21(18)28-30;1-18-6-7-23-9-12-11-3-2-10(13-4-5-19-21-13)8-14(11)20-16(17)15(12)22-23;8-7(9)6-4-2-1-3-5-6/h2-10,13-14H,11-12H2,1H3,(H2,24,26)(H,25,27);2-5,8-9,18H,6-7H2,1H3,(H2,17,20)(H,19,21);1-5H,(H,8,9). The highest BCUT2D eigenvalue weighted by Gasteiger charge is 2.15. The van der Waals surface area contributed by atoms with Crippen molar-refractivity contribution in [2.45, 2.75) is 13.1 Å². The summed E-state index contributed by atoms with van der Waals surface area (Å²) in [6.07, 6.45) is 7.44. The molecule has 6 aromatic heterocycles. The largest absolute Gasteiger partial charge is 0.478 e. The van der Waals surface area contributed by atoms with Gasteiger partial charge in [0.1, 0.15) is 11.0 Å². The third kappa shape index (κ3) is 9.18. The molecule has 0 radical (unpaired) electrons. The number of carboxylic acids is 1. The van der Waals surface area contributed by atoms with E-state index in [-0.39, 0.29) is 5.91 Å². The second-order valence-corrected chi connectivity index (χ2v) is 14.6. The molecule has 10 aromatic rings. The number of fused-ring (bicyclic) bond motifs is 6. The van der Waals surface area contributed by atoms with E-state index in [9.17, 15) is 9.59 Å². The zero-order chi connectivity index (χ0) is 43.9. The SMILES string of the molecule is CN(CCn1cc2c(n1)c(N)nc1cc(-c3ccn[nH]3)ccc12)C(=O)c1ccccc1.CNCCn1cc2c(n1)c(N)nc1cc(-c3ccn[nH]3)ccc12.O=C(O)c1ccccc1. The van der Waals surface area contributed by atoms with Crippen LogP contribution in [0.2, 0.25) is 0 Å². The van der Waals surface area contributed by atoms with E-state index in [2.05, 4.69) is 58.0 Å². The summed E-state index contributed by atoms with van der Waals surface area (Å²) in [5.41, 5.74) is 20.3. The van der Waals surface area contributed by atoms with Gasteiger partial charge in [0.2, 0.25) is 0 Å². The summed E-state index contributed by atoms with van der Waals surface area (Å²) in [7, 11) is 3.71. The van der Waals surface area contributed by atoms with Crippen LogP contribution in [0.5, 0.6) is 0 Å². The number of benzene rings is 4. The molecule has 0 aliphatic rings. The van der Waals surface area contributed by atoms with Crippen molar-refractivity contribution >= 4 is 67.1 Å². The Bertz CT molecular complexity index is 3150. The van der Waals surface area contributed by atoms with E-state index < -0.39 is 5.97 Å². The Morgan fingerprint density at radius 3 is 1.60 bits per heavy atom. The van der Waals surface area contributed by atoms with Crippen molar-refractivity contribution in [3.8, 4) is 22.5 Å². The van der Waals surface area contributed by atoms with Gasteiger partial charge < -0.3 is 26.8 Å². The molecule has 17 heteroatoms. The van der Waals surface area contributed by atoms with Crippen LogP contribution in [-0.2, 0) is 13.1 Å². The van der Waals surface area contributed by atoms with Crippen molar-refractivity contribution in [2.24, 2.45) is 0 Å². The number of nitrogen functional groups attached to an aromatic ring is 2. The number of nitrogens with one attached hydrogen (secondary N) is 3. The highest BCUT2D eigenvalue weighted by Crippen LogP contribution is 2.31. The van der Waals surface area contributed by atoms with Gasteiger partial charge in [-0.15, -0.1) is 0 Å². The molecule has 17 nitrogen and oxygen atoms in total. The third-order valence-electron chi connectivity index (χ3n) is 10.3. The molecule has 0 saturated carbocycles. The summed E-state index contributed by atoms with van der Waals surface area (Å²) in [6.45, 7) is 2.72. The molecule has 10 rings (SSSR count). The van der Waals surface area contributed by atoms with Crippen LogP contribution in [0.1, 0.15) is 20.7 Å². The van der Waals surface area contributed by atoms with Crippen LogP contribution >= 0.6 is 0 Å². The second kappa shape index (κ2) is 18.4. The van der Waals surface area contributed by atoms with E-state index >= 15 is 0 Å². The van der Waals surface area contributed by atoms with Crippen molar-refractivity contribution in [3.63, 3.8) is 0 Å². The fraction of sp³-hybridized carbons (Fsp3) is 0.130. The highest BCUT2D eigenvalue weighted by molar-refractivity contribution is 6.09. The number of carbonyl (C=O) groups excluding carboxylic acids is 1. The maximum absolute atomic E-state index is 12.6. The van der Waals surface area contributed by atoms with Crippen LogP contribution < -0.4 is 16.8 Å². The quantitative estimate of drug-likeness (QED) is 0.0866. The third-order valence-corrected chi connectivity index (χ3v) is 10.3. The first-order chi connectivity index (χ1) is 30.7. The van der Waals surface area contributed by atoms with E-state index in [1.165, 1.54) is 0 Å². The van der Waals surface area contributed by atoms with Crippen molar-refractivity contribution in [1.82, 2.24) is 60.1 Å². The summed E-state index contributed by atoms with van der Waals surface area (Å²) in [4.78, 5) is 33.5. The molecule has 0 unspecified atom stereocenters. The summed E-state index contributed by atoms with van der Waals surface area (Å²) >= 11 is 0. The summed E-state index contributed by atoms with van der Waals surface area (Å²) in [6, 6.07) is 33.6. The number of rotatable bonds is 10. The number of nitrogens with zero attached hydrogens (tertiary/aromatic N) is 9. The van der Waals surface area contributed by atoms with Gasteiger partial charge in [0.15, 0.2) is 11.6 Å². The fourth-order valence-electron chi connectivity index (χ4n) is 7.04. The summed E-state index contributed by atoms with van der Waals surface area (Å²) in [5, 5.41) is 38.6. The summed E-state index contributed by atoms with van der Waals surface area (Å²) < 4.78 is 3.72. The topological polar surface area (TPSA) is 240 Å². The van der Waals surface area contributed by atoms with E-state index in [0.717, 1.165) is 73.7 Å². The highest BCUT2D eigenvalue weighted by atomic mass is 16.4. The van der Waals surface area contributed by atoms with Crippen LogP contribution in [0.3, 0.4) is 0 Å². The number of aromatic nitrogens is 10. The predicted molar refractivity (Wildman–Crippen MR) is 245 cm³/mol. The van der Waals surface area contributed by atoms with Gasteiger partial charge in [-0.2, -0.15) is 20.4 Å². The van der Waals surface area contributed by atoms with Gasteiger partial charge in [0.25, 0.3) is 5.91 Å². The number of likely N-dealkylation sites (N-methyl/N-ethyl adjacent to an activating group) is 2. The van der Waals surface area contributed by atoms with Crippen LogP contribution in [-0.4, -0.2) is 99.0 Å². The van der Waals surface area contributed by atoms with E-state index in [1.807, 2.05) is 95.5 Å². The molecule has 4 aromatic carbocycles. The lowest BCUT2D eigenvalue weighted by Crippen LogP contribution is -2.30. The maximum Gasteiger partial charge on any atom is 0.335 e. The molecule has 0 fully saturated rings. The molecule has 316 valence electrons. The fourth-order valence-corrected chi connectivity index (χ4v) is 7.04. The minimum absolute atomic E-state index is 0.0183. The molecule has 0 saturated heterocycles. The molecule has 0 atom stereocenters. The normalized spacial score (nSPS) is 11.0. The zero-order valence-corrected chi connectivity index (χ0v) is 34.5. The molecule has 6 heterocycles. The second-order valence-electron chi connectivity index (χ2n) is 14.6. The predicted octanol–water partition coefficient (Wildman–Crippen LogP) is 6.49. The van der Waals surface area contributed by atoms with Gasteiger partial charge in [0.05, 0.1) is 41.1 Å². The minimum atomic E-state index is -0.879. The van der Waals surface area contributed by atoms with Gasteiger partial charge in [0, 0.05) is 83.2 Å². The molecule has 0 bridgehead atoms.